The van der Waals surface area contributed by atoms with E-state index in [2.05, 4.69) is 41.0 Å². The number of phenolic OH excluding ortho intramolecular Hbond substituents is 1. The van der Waals surface area contributed by atoms with Crippen molar-refractivity contribution in [2.24, 2.45) is 0 Å². The second-order valence-electron chi connectivity index (χ2n) is 18.6. The van der Waals surface area contributed by atoms with Gasteiger partial charge in [-0.3, -0.25) is 19.3 Å². The van der Waals surface area contributed by atoms with Gasteiger partial charge < -0.3 is 35.3 Å². The van der Waals surface area contributed by atoms with Crippen LogP contribution in [0.25, 0.3) is 10.2 Å². The summed E-state index contributed by atoms with van der Waals surface area (Å²) in [6.07, 6.45) is 21.4. The number of benzene rings is 2. The number of amides is 1. The van der Waals surface area contributed by atoms with Gasteiger partial charge in [-0.25, -0.2) is 9.37 Å². The summed E-state index contributed by atoms with van der Waals surface area (Å²) in [5, 5.41) is 35.3. The number of carbonyl (C=O) groups excluding carboxylic acids is 1. The normalized spacial score (nSPS) is 15.6. The number of aromatic hydroxyl groups is 1. The largest absolute Gasteiger partial charge is 0.506 e. The predicted molar refractivity (Wildman–Crippen MR) is 265 cm³/mol. The van der Waals surface area contributed by atoms with Crippen molar-refractivity contribution in [2.75, 3.05) is 45.9 Å². The van der Waals surface area contributed by atoms with Crippen LogP contribution in [0, 0.1) is 5.82 Å². The molecule has 66 heavy (non-hydrogen) atoms. The molecular weight excluding hydrogens is 878 g/mol. The van der Waals surface area contributed by atoms with E-state index in [1.807, 2.05) is 22.4 Å². The van der Waals surface area contributed by atoms with Crippen molar-refractivity contribution >= 4 is 44.8 Å². The van der Waals surface area contributed by atoms with Gasteiger partial charge in [0.25, 0.3) is 5.91 Å². The molecule has 4 heterocycles. The molecule has 2 fully saturated rings. The van der Waals surface area contributed by atoms with Crippen molar-refractivity contribution in [1.29, 1.82) is 0 Å². The summed E-state index contributed by atoms with van der Waals surface area (Å²) in [6, 6.07) is 8.32. The number of phenols is 1. The van der Waals surface area contributed by atoms with Crippen LogP contribution in [0.2, 0.25) is 0 Å². The lowest BCUT2D eigenvalue weighted by atomic mass is 9.89. The zero-order chi connectivity index (χ0) is 47.3. The number of carbonyl (C=O) groups is 2. The lowest BCUT2D eigenvalue weighted by molar-refractivity contribution is -0.137. The predicted octanol–water partition coefficient (Wildman–Crippen LogP) is 10.7. The number of rotatable bonds is 26. The molecule has 15 heteroatoms. The number of aromatic amines is 1. The molecule has 4 aromatic rings. The molecule has 1 amide bonds. The summed E-state index contributed by atoms with van der Waals surface area (Å²) in [5.74, 6) is -0.676. The van der Waals surface area contributed by atoms with Gasteiger partial charge in [0, 0.05) is 56.0 Å². The molecule has 6 rings (SSSR count). The number of aliphatic hydroxyl groups excluding tert-OH is 1. The van der Waals surface area contributed by atoms with Crippen LogP contribution in [-0.4, -0.2) is 98.4 Å². The number of unbranched alkanes of at least 4 members (excludes halogenated alkanes) is 14. The molecule has 2 aromatic carbocycles. The highest BCUT2D eigenvalue weighted by atomic mass is 32.1. The fraction of sp³-hybridized carbons (Fsp3) is 0.647. The van der Waals surface area contributed by atoms with Crippen LogP contribution in [0.5, 0.6) is 5.75 Å². The Kier molecular flexibility index (Phi) is 22.5. The number of hydrogen-bond acceptors (Lipinski definition) is 11. The first-order chi connectivity index (χ1) is 31.9. The average molecular weight is 954 g/mol. The Morgan fingerprint density at radius 1 is 0.939 bits per heavy atom. The standard InChI is InChI=1S/C33H40FN5O5S2.C18H36O2/c1-20(2)30-36-25(18-45-30)31(42)39-13-14-44-33(19-39)8-11-38(12-9-33)17-21-3-5-24(34)22(15-21)7-10-35-16-27(41)23-4-6-26(40)28-29(23)46-32(43)37-28;1-2-3-4-5-6-7-8-9-10-11-12-13-14-15-16-17-18(19)20/h3-6,15,18,20,27,35,40-41H,7-14,16-17,19H2,1-2H3,(H,37,43);2-17H2,1H3,(H,19,20)/t27-;/m0./s1. The highest BCUT2D eigenvalue weighted by Gasteiger charge is 2.41. The summed E-state index contributed by atoms with van der Waals surface area (Å²) in [4.78, 5) is 46.4. The second kappa shape index (κ2) is 27.9. The first-order valence-electron chi connectivity index (χ1n) is 24.7. The van der Waals surface area contributed by atoms with Crippen molar-refractivity contribution in [3.8, 4) is 5.75 Å². The van der Waals surface area contributed by atoms with Crippen molar-refractivity contribution in [3.05, 3.63) is 78.6 Å². The monoisotopic (exact) mass is 954 g/mol. The maximum Gasteiger partial charge on any atom is 0.305 e. The van der Waals surface area contributed by atoms with E-state index in [4.69, 9.17) is 9.84 Å². The van der Waals surface area contributed by atoms with E-state index in [1.165, 1.54) is 107 Å². The number of H-pyrrole nitrogens is 1. The van der Waals surface area contributed by atoms with Gasteiger partial charge in [-0.15, -0.1) is 11.3 Å². The van der Waals surface area contributed by atoms with E-state index in [0.717, 1.165) is 60.7 Å². The third-order valence-corrected chi connectivity index (χ3v) is 15.0. The number of morpholine rings is 1. The summed E-state index contributed by atoms with van der Waals surface area (Å²) in [6.45, 7) is 11.1. The topological polar surface area (TPSA) is 168 Å². The molecular formula is C51H76FN5O7S2. The van der Waals surface area contributed by atoms with E-state index in [1.54, 1.807) is 6.07 Å². The number of aliphatic carboxylic acids is 1. The van der Waals surface area contributed by atoms with Gasteiger partial charge in [0.15, 0.2) is 0 Å². The Morgan fingerprint density at radius 2 is 1.59 bits per heavy atom. The molecule has 1 atom stereocenters. The van der Waals surface area contributed by atoms with E-state index in [9.17, 15) is 29.0 Å². The number of nitrogens with one attached hydrogen (secondary N) is 2. The van der Waals surface area contributed by atoms with Gasteiger partial charge >= 0.3 is 10.8 Å². The number of nitrogens with zero attached hydrogens (tertiary/aromatic N) is 3. The van der Waals surface area contributed by atoms with Gasteiger partial charge in [-0.05, 0) is 55.5 Å². The van der Waals surface area contributed by atoms with Crippen molar-refractivity contribution in [3.63, 3.8) is 0 Å². The molecule has 2 saturated heterocycles. The molecule has 0 radical (unpaired) electrons. The van der Waals surface area contributed by atoms with E-state index in [-0.39, 0.29) is 34.5 Å². The number of piperidine rings is 1. The fourth-order valence-corrected chi connectivity index (χ4v) is 10.7. The van der Waals surface area contributed by atoms with Crippen LogP contribution in [0.3, 0.4) is 0 Å². The third kappa shape index (κ3) is 17.1. The Morgan fingerprint density at radius 3 is 2.21 bits per heavy atom. The van der Waals surface area contributed by atoms with Crippen LogP contribution < -0.4 is 10.2 Å². The van der Waals surface area contributed by atoms with Crippen LogP contribution in [0.4, 0.5) is 4.39 Å². The molecule has 0 saturated carbocycles. The summed E-state index contributed by atoms with van der Waals surface area (Å²) in [7, 11) is 0. The molecule has 366 valence electrons. The molecule has 12 nitrogen and oxygen atoms in total. The SMILES string of the molecule is CC(C)c1nc(C(=O)N2CCOC3(CCN(Cc4ccc(F)c(CCNC[C@H](O)c5ccc(O)c6[nH]c(=O)sc56)c4)CC3)C2)cs1.CCCCCCCCCCCCCCCCCC(=O)O. The average Bonchev–Trinajstić information content (AvgIpc) is 3.97. The maximum absolute atomic E-state index is 14.7. The summed E-state index contributed by atoms with van der Waals surface area (Å²) < 4.78 is 21.5. The first-order valence-corrected chi connectivity index (χ1v) is 26.4. The number of carboxylic acid groups (broad SMARTS) is 1. The summed E-state index contributed by atoms with van der Waals surface area (Å²) >= 11 is 2.48. The minimum absolute atomic E-state index is 0.0206. The summed E-state index contributed by atoms with van der Waals surface area (Å²) in [5.41, 5.74) is 2.69. The van der Waals surface area contributed by atoms with E-state index >= 15 is 0 Å². The molecule has 0 aliphatic carbocycles. The highest BCUT2D eigenvalue weighted by molar-refractivity contribution is 7.16. The first kappa shape index (κ1) is 53.2. The minimum Gasteiger partial charge on any atom is -0.506 e. The van der Waals surface area contributed by atoms with Crippen LogP contribution >= 0.6 is 22.7 Å². The Bertz CT molecular complexity index is 2130. The molecule has 5 N–H and O–H groups in total. The maximum atomic E-state index is 14.7. The molecule has 0 bridgehead atoms. The molecule has 2 aliphatic rings. The Hall–Kier alpha value is -3.73. The smallest absolute Gasteiger partial charge is 0.305 e. The number of likely N-dealkylation sites (tertiary alicyclic amines) is 1. The van der Waals surface area contributed by atoms with Crippen molar-refractivity contribution in [1.82, 2.24) is 25.1 Å². The lowest BCUT2D eigenvalue weighted by Gasteiger charge is -2.47. The number of aliphatic hydroxyl groups is 1. The zero-order valence-corrected chi connectivity index (χ0v) is 41.4. The Labute approximate surface area is 399 Å². The number of fused-ring (bicyclic) bond motifs is 1. The second-order valence-corrected chi connectivity index (χ2v) is 20.5. The van der Waals surface area contributed by atoms with Gasteiger partial charge in [0.2, 0.25) is 0 Å². The molecule has 1 spiro atoms. The van der Waals surface area contributed by atoms with Gasteiger partial charge in [0.05, 0.1) is 34.6 Å². The number of carboxylic acids is 1. The van der Waals surface area contributed by atoms with Crippen molar-refractivity contribution < 1.29 is 34.0 Å². The minimum atomic E-state index is -0.892. The highest BCUT2D eigenvalue weighted by Crippen LogP contribution is 2.33. The number of aromatic nitrogens is 2. The van der Waals surface area contributed by atoms with Crippen LogP contribution in [0.15, 0.2) is 40.5 Å². The fourth-order valence-electron chi connectivity index (χ4n) is 8.95. The Balaban J connectivity index is 0.000000346. The molecule has 2 aliphatic heterocycles. The van der Waals surface area contributed by atoms with Crippen molar-refractivity contribution in [2.45, 2.75) is 167 Å². The van der Waals surface area contributed by atoms with E-state index in [0.29, 0.717) is 78.6 Å². The number of ether oxygens (including phenoxy) is 1. The van der Waals surface area contributed by atoms with Crippen LogP contribution in [0.1, 0.15) is 181 Å². The lowest BCUT2D eigenvalue weighted by Crippen LogP contribution is -2.58. The van der Waals surface area contributed by atoms with Gasteiger partial charge in [0.1, 0.15) is 22.8 Å². The van der Waals surface area contributed by atoms with Gasteiger partial charge in [-0.1, -0.05) is 140 Å². The zero-order valence-electron chi connectivity index (χ0n) is 39.7. The number of thiazole rings is 2. The molecule has 0 unspecified atom stereocenters. The quantitative estimate of drug-likeness (QED) is 0.0382. The molecule has 2 aromatic heterocycles. The van der Waals surface area contributed by atoms with Crippen LogP contribution in [-0.2, 0) is 22.5 Å². The van der Waals surface area contributed by atoms with Gasteiger partial charge in [-0.2, -0.15) is 0 Å². The third-order valence-electron chi connectivity index (χ3n) is 12.9. The van der Waals surface area contributed by atoms with E-state index < -0.39 is 12.1 Å². The number of hydrogen-bond donors (Lipinski definition) is 5. The number of halogens is 1.